The van der Waals surface area contributed by atoms with E-state index in [9.17, 15) is 14.0 Å². The molecule has 0 spiro atoms. The van der Waals surface area contributed by atoms with Crippen LogP contribution in [0.1, 0.15) is 38.3 Å². The Balaban J connectivity index is 1.64. The average Bonchev–Trinajstić information content (AvgIpc) is 2.84. The van der Waals surface area contributed by atoms with Gasteiger partial charge in [-0.15, -0.1) is 6.42 Å². The van der Waals surface area contributed by atoms with Crippen molar-refractivity contribution in [1.82, 2.24) is 9.88 Å². The van der Waals surface area contributed by atoms with Gasteiger partial charge in [0.15, 0.2) is 0 Å². The van der Waals surface area contributed by atoms with Gasteiger partial charge in [0, 0.05) is 30.4 Å². The van der Waals surface area contributed by atoms with Crippen molar-refractivity contribution >= 4 is 40.8 Å². The van der Waals surface area contributed by atoms with E-state index in [2.05, 4.69) is 21.5 Å². The van der Waals surface area contributed by atoms with Crippen LogP contribution in [0.15, 0.2) is 48.7 Å². The Morgan fingerprint density at radius 1 is 1.14 bits per heavy atom. The highest BCUT2D eigenvalue weighted by atomic mass is 35.5. The van der Waals surface area contributed by atoms with Crippen molar-refractivity contribution in [2.75, 3.05) is 30.8 Å². The van der Waals surface area contributed by atoms with Crippen LogP contribution in [0.2, 0.25) is 5.02 Å². The summed E-state index contributed by atoms with van der Waals surface area (Å²) < 4.78 is 20.3. The molecule has 0 bridgehead atoms. The first kappa shape index (κ1) is 24.7. The fourth-order valence-corrected chi connectivity index (χ4v) is 3.66. The number of aromatic nitrogens is 1. The van der Waals surface area contributed by atoms with E-state index >= 15 is 0 Å². The number of nitrogens with zero attached hydrogens (tertiary/aromatic N) is 2. The minimum atomic E-state index is -0.806. The summed E-state index contributed by atoms with van der Waals surface area (Å²) >= 11 is 5.84. The number of benzene rings is 2. The van der Waals surface area contributed by atoms with Crippen molar-refractivity contribution in [1.29, 1.82) is 5.41 Å². The van der Waals surface area contributed by atoms with E-state index in [1.165, 1.54) is 43.6 Å². The number of hydrogen-bond acceptors (Lipinski definition) is 5. The van der Waals surface area contributed by atoms with Crippen LogP contribution in [0.5, 0.6) is 5.75 Å². The topological polar surface area (TPSA) is 107 Å². The molecule has 0 atom stereocenters. The molecule has 1 aliphatic heterocycles. The zero-order valence-electron chi connectivity index (χ0n) is 19.2. The number of methoxy groups -OCH3 is 1. The molecule has 2 aromatic carbocycles. The van der Waals surface area contributed by atoms with E-state index in [1.807, 2.05) is 4.90 Å². The molecular weight excluding hydrogens is 485 g/mol. The van der Waals surface area contributed by atoms with E-state index in [0.29, 0.717) is 16.1 Å². The third-order valence-electron chi connectivity index (χ3n) is 5.60. The summed E-state index contributed by atoms with van der Waals surface area (Å²) in [5.41, 5.74) is 0.437. The van der Waals surface area contributed by atoms with Crippen molar-refractivity contribution in [2.45, 2.75) is 6.42 Å². The number of halogens is 2. The second-order valence-corrected chi connectivity index (χ2v) is 8.34. The van der Waals surface area contributed by atoms with Gasteiger partial charge in [0.2, 0.25) is 0 Å². The number of anilines is 2. The first-order valence-electron chi connectivity index (χ1n) is 10.9. The molecule has 1 fully saturated rings. The summed E-state index contributed by atoms with van der Waals surface area (Å²) in [6, 6.07) is 9.89. The third-order valence-corrected chi connectivity index (χ3v) is 5.82. The Bertz CT molecular complexity index is 1400. The van der Waals surface area contributed by atoms with Crippen LogP contribution in [0, 0.1) is 23.6 Å². The first-order chi connectivity index (χ1) is 17.3. The maximum absolute atomic E-state index is 14.9. The average molecular weight is 506 g/mol. The normalized spacial score (nSPS) is 12.2. The molecule has 182 valence electrons. The van der Waals surface area contributed by atoms with Gasteiger partial charge in [-0.25, -0.2) is 9.37 Å². The largest absolute Gasteiger partial charge is 0.495 e. The van der Waals surface area contributed by atoms with Gasteiger partial charge in [0.1, 0.15) is 23.2 Å². The van der Waals surface area contributed by atoms with Crippen LogP contribution in [-0.2, 0) is 0 Å². The molecule has 36 heavy (non-hydrogen) atoms. The number of hydrogen-bond donors (Lipinski definition) is 3. The molecule has 3 N–H and O–H groups in total. The molecule has 1 aromatic heterocycles. The number of rotatable bonds is 6. The van der Waals surface area contributed by atoms with Gasteiger partial charge in [-0.05, 0) is 42.8 Å². The molecule has 0 aliphatic carbocycles. The summed E-state index contributed by atoms with van der Waals surface area (Å²) in [7, 11) is 1.35. The molecule has 2 heterocycles. The third kappa shape index (κ3) is 5.14. The van der Waals surface area contributed by atoms with E-state index in [4.69, 9.17) is 28.2 Å². The summed E-state index contributed by atoms with van der Waals surface area (Å²) in [5.74, 6) is 0.737. The molecule has 0 radical (unpaired) electrons. The highest BCUT2D eigenvalue weighted by Gasteiger charge is 2.24. The van der Waals surface area contributed by atoms with Crippen molar-refractivity contribution in [3.63, 3.8) is 0 Å². The molecule has 8 nitrogen and oxygen atoms in total. The maximum Gasteiger partial charge on any atom is 0.259 e. The SMILES string of the molecule is C#Cc1cc(OC)c(NC(=O)c2ccc(C(=N)N3CCC3)cc2F)c(C(=O)Nc2ccc(Cl)cn2)c1. The number of terminal acetylenes is 1. The lowest BCUT2D eigenvalue weighted by Gasteiger charge is -2.33. The second kappa shape index (κ2) is 10.5. The van der Waals surface area contributed by atoms with Gasteiger partial charge < -0.3 is 20.3 Å². The fraction of sp³-hybridized carbons (Fsp3) is 0.154. The number of likely N-dealkylation sites (tertiary alicyclic amines) is 1. The number of amidine groups is 1. The van der Waals surface area contributed by atoms with Gasteiger partial charge in [-0.3, -0.25) is 15.0 Å². The summed E-state index contributed by atoms with van der Waals surface area (Å²) in [4.78, 5) is 32.0. The lowest BCUT2D eigenvalue weighted by Crippen LogP contribution is -2.42. The lowest BCUT2D eigenvalue weighted by molar-refractivity contribution is 0.102. The van der Waals surface area contributed by atoms with Gasteiger partial charge in [0.05, 0.1) is 28.9 Å². The smallest absolute Gasteiger partial charge is 0.259 e. The van der Waals surface area contributed by atoms with Crippen molar-refractivity contribution < 1.29 is 18.7 Å². The Kier molecular flexibility index (Phi) is 7.17. The molecule has 1 aliphatic rings. The Morgan fingerprint density at radius 3 is 2.47 bits per heavy atom. The molecule has 10 heteroatoms. The van der Waals surface area contributed by atoms with Gasteiger partial charge in [-0.1, -0.05) is 23.6 Å². The highest BCUT2D eigenvalue weighted by Crippen LogP contribution is 2.32. The summed E-state index contributed by atoms with van der Waals surface area (Å²) in [6.07, 6.45) is 7.88. The number of ether oxygens (including phenoxy) is 1. The number of carbonyl (C=O) groups is 2. The van der Waals surface area contributed by atoms with Gasteiger partial charge >= 0.3 is 0 Å². The van der Waals surface area contributed by atoms with Crippen molar-refractivity contribution in [2.24, 2.45) is 0 Å². The molecule has 4 rings (SSSR count). The van der Waals surface area contributed by atoms with Gasteiger partial charge in [0.25, 0.3) is 11.8 Å². The second-order valence-electron chi connectivity index (χ2n) is 7.90. The Labute approximate surface area is 211 Å². The quantitative estimate of drug-likeness (QED) is 0.261. The van der Waals surface area contributed by atoms with Gasteiger partial charge in [-0.2, -0.15) is 0 Å². The van der Waals surface area contributed by atoms with Crippen molar-refractivity contribution in [3.05, 3.63) is 81.8 Å². The summed E-state index contributed by atoms with van der Waals surface area (Å²) in [6.45, 7) is 1.49. The standard InChI is InChI=1S/C26H21ClFN5O3/c1-3-15-11-19(26(35)31-22-8-6-17(27)14-30-22)23(21(12-15)36-2)32-25(34)18-7-5-16(13-20(18)28)24(29)33-9-4-10-33/h1,5-8,11-14,29H,4,9-10H2,2H3,(H,32,34)(H,30,31,35). The number of carbonyl (C=O) groups excluding carboxylic acids is 2. The van der Waals surface area contributed by atoms with E-state index in [1.54, 1.807) is 6.07 Å². The highest BCUT2D eigenvalue weighted by molar-refractivity contribution is 6.30. The molecule has 0 unspecified atom stereocenters. The number of pyridine rings is 1. The zero-order valence-corrected chi connectivity index (χ0v) is 19.9. The monoisotopic (exact) mass is 505 g/mol. The van der Waals surface area contributed by atoms with Crippen LogP contribution in [0.25, 0.3) is 0 Å². The Hall–Kier alpha value is -4.42. The van der Waals surface area contributed by atoms with E-state index in [-0.39, 0.29) is 34.2 Å². The predicted octanol–water partition coefficient (Wildman–Crippen LogP) is 4.40. The van der Waals surface area contributed by atoms with E-state index in [0.717, 1.165) is 25.6 Å². The summed E-state index contributed by atoms with van der Waals surface area (Å²) in [5, 5.41) is 13.8. The lowest BCUT2D eigenvalue weighted by atomic mass is 10.0. The number of nitrogens with one attached hydrogen (secondary N) is 3. The molecule has 1 saturated heterocycles. The molecule has 0 saturated carbocycles. The van der Waals surface area contributed by atoms with Crippen molar-refractivity contribution in [3.8, 4) is 18.1 Å². The Morgan fingerprint density at radius 2 is 1.89 bits per heavy atom. The zero-order chi connectivity index (χ0) is 25.8. The van der Waals surface area contributed by atoms with Crippen LogP contribution < -0.4 is 15.4 Å². The number of amides is 2. The first-order valence-corrected chi connectivity index (χ1v) is 11.2. The fourth-order valence-electron chi connectivity index (χ4n) is 3.55. The van der Waals surface area contributed by atoms with E-state index < -0.39 is 17.6 Å². The minimum absolute atomic E-state index is 0.00441. The minimum Gasteiger partial charge on any atom is -0.495 e. The van der Waals surface area contributed by atoms with Crippen LogP contribution in [0.4, 0.5) is 15.9 Å². The van der Waals surface area contributed by atoms with Crippen LogP contribution >= 0.6 is 11.6 Å². The maximum atomic E-state index is 14.9. The van der Waals surface area contributed by atoms with Crippen LogP contribution in [-0.4, -0.2) is 47.7 Å². The predicted molar refractivity (Wildman–Crippen MR) is 136 cm³/mol. The molecule has 3 aromatic rings. The van der Waals surface area contributed by atoms with Crippen LogP contribution in [0.3, 0.4) is 0 Å². The molecule has 2 amide bonds. The molecular formula is C26H21ClFN5O3.